The molecule has 2 N–H and O–H groups in total. The predicted molar refractivity (Wildman–Crippen MR) is 27.2 cm³/mol. The quantitative estimate of drug-likeness (QED) is 0.450. The molecule has 1 heterocycles. The Labute approximate surface area is 47.9 Å². The Bertz CT molecular complexity index is 89.7. The van der Waals surface area contributed by atoms with E-state index in [0.29, 0.717) is 13.0 Å². The van der Waals surface area contributed by atoms with Crippen molar-refractivity contribution in [3.05, 3.63) is 0 Å². The monoisotopic (exact) mass is 118 g/mol. The lowest BCUT2D eigenvalue weighted by Crippen LogP contribution is -2.34. The van der Waals surface area contributed by atoms with Crippen LogP contribution in [-0.4, -0.2) is 28.7 Å². The maximum atomic E-state index is 8.99. The van der Waals surface area contributed by atoms with Gasteiger partial charge in [-0.15, -0.1) is 0 Å². The highest BCUT2D eigenvalue weighted by molar-refractivity contribution is 4.77. The fourth-order valence-electron chi connectivity index (χ4n) is 0.741. The van der Waals surface area contributed by atoms with Gasteiger partial charge in [0, 0.05) is 6.42 Å². The largest absolute Gasteiger partial charge is 0.387 e. The van der Waals surface area contributed by atoms with E-state index in [0.717, 1.165) is 0 Å². The highest BCUT2D eigenvalue weighted by atomic mass is 16.6. The van der Waals surface area contributed by atoms with Gasteiger partial charge in [-0.2, -0.15) is 0 Å². The molecule has 0 aromatic rings. The van der Waals surface area contributed by atoms with Gasteiger partial charge in [0.05, 0.1) is 6.61 Å². The first-order valence-corrected chi connectivity index (χ1v) is 2.67. The van der Waals surface area contributed by atoms with Crippen LogP contribution in [0.5, 0.6) is 0 Å². The summed E-state index contributed by atoms with van der Waals surface area (Å²) in [4.78, 5) is 0. The number of aliphatic hydroxyl groups excluding tert-OH is 1. The van der Waals surface area contributed by atoms with E-state index in [4.69, 9.17) is 14.9 Å². The topological polar surface area (TPSA) is 49.7 Å². The van der Waals surface area contributed by atoms with Gasteiger partial charge in [-0.05, 0) is 6.92 Å². The number of hydrogen-bond acceptors (Lipinski definition) is 3. The zero-order chi connectivity index (χ0) is 6.20. The molecule has 0 amide bonds. The molecule has 1 aliphatic rings. The van der Waals surface area contributed by atoms with E-state index in [-0.39, 0.29) is 0 Å². The van der Waals surface area contributed by atoms with E-state index in [1.807, 2.05) is 0 Å². The minimum Gasteiger partial charge on any atom is -0.387 e. The van der Waals surface area contributed by atoms with Crippen molar-refractivity contribution in [3.63, 3.8) is 0 Å². The third-order valence-corrected chi connectivity index (χ3v) is 1.40. The second-order valence-corrected chi connectivity index (χ2v) is 2.21. The molecule has 0 aromatic heterocycles. The first-order chi connectivity index (χ1) is 3.63. The lowest BCUT2D eigenvalue weighted by Gasteiger charge is -2.18. The van der Waals surface area contributed by atoms with Crippen molar-refractivity contribution in [1.29, 1.82) is 0 Å². The molecule has 1 rings (SSSR count). The third-order valence-electron chi connectivity index (χ3n) is 1.40. The molecule has 3 nitrogen and oxygen atoms in total. The van der Waals surface area contributed by atoms with Crippen LogP contribution in [0.25, 0.3) is 0 Å². The highest BCUT2D eigenvalue weighted by Crippen LogP contribution is 2.21. The average Bonchev–Trinajstić information content (AvgIpc) is 1.86. The second-order valence-electron chi connectivity index (χ2n) is 2.21. The Morgan fingerprint density at radius 2 is 2.38 bits per heavy atom. The standard InChI is InChI=1S/C5H10O3/c1-5(7)4(6)2-3-8-5/h4,6-7H,2-3H2,1H3. The van der Waals surface area contributed by atoms with Crippen molar-refractivity contribution in [2.24, 2.45) is 0 Å². The molecule has 2 unspecified atom stereocenters. The Balaban J connectivity index is 2.54. The summed E-state index contributed by atoms with van der Waals surface area (Å²) in [6.45, 7) is 1.92. The molecule has 1 saturated heterocycles. The predicted octanol–water partition coefficient (Wildman–Crippen LogP) is -0.524. The maximum Gasteiger partial charge on any atom is 0.189 e. The number of aliphatic hydroxyl groups is 2. The lowest BCUT2D eigenvalue weighted by molar-refractivity contribution is -0.198. The summed E-state index contributed by atoms with van der Waals surface area (Å²) in [7, 11) is 0. The smallest absolute Gasteiger partial charge is 0.189 e. The van der Waals surface area contributed by atoms with Gasteiger partial charge in [0.15, 0.2) is 5.79 Å². The van der Waals surface area contributed by atoms with Crippen molar-refractivity contribution in [2.75, 3.05) is 6.61 Å². The molecule has 0 saturated carbocycles. The van der Waals surface area contributed by atoms with Crippen LogP contribution in [0.3, 0.4) is 0 Å². The van der Waals surface area contributed by atoms with Gasteiger partial charge in [0.2, 0.25) is 0 Å². The molecular formula is C5H10O3. The molecule has 0 spiro atoms. The minimum absolute atomic E-state index is 0.453. The molecular weight excluding hydrogens is 108 g/mol. The van der Waals surface area contributed by atoms with Crippen LogP contribution in [0, 0.1) is 0 Å². The van der Waals surface area contributed by atoms with Crippen LogP contribution >= 0.6 is 0 Å². The van der Waals surface area contributed by atoms with Gasteiger partial charge in [-0.25, -0.2) is 0 Å². The molecule has 1 fully saturated rings. The van der Waals surface area contributed by atoms with Gasteiger partial charge in [-0.3, -0.25) is 0 Å². The van der Waals surface area contributed by atoms with Gasteiger partial charge in [0.25, 0.3) is 0 Å². The molecule has 48 valence electrons. The zero-order valence-electron chi connectivity index (χ0n) is 4.79. The van der Waals surface area contributed by atoms with Crippen LogP contribution in [0.4, 0.5) is 0 Å². The van der Waals surface area contributed by atoms with Gasteiger partial charge < -0.3 is 14.9 Å². The molecule has 1 aliphatic heterocycles. The third kappa shape index (κ3) is 0.844. The molecule has 0 bridgehead atoms. The lowest BCUT2D eigenvalue weighted by atomic mass is 10.2. The second kappa shape index (κ2) is 1.69. The number of ether oxygens (including phenoxy) is 1. The highest BCUT2D eigenvalue weighted by Gasteiger charge is 2.36. The fraction of sp³-hybridized carbons (Fsp3) is 1.00. The summed E-state index contributed by atoms with van der Waals surface area (Å²) in [5.74, 6) is -1.29. The normalized spacial score (nSPS) is 47.6. The molecule has 2 atom stereocenters. The van der Waals surface area contributed by atoms with Crippen LogP contribution in [0.2, 0.25) is 0 Å². The van der Waals surface area contributed by atoms with Crippen molar-refractivity contribution in [2.45, 2.75) is 25.2 Å². The summed E-state index contributed by atoms with van der Waals surface area (Å²) in [6.07, 6.45) is -0.171. The molecule has 3 heteroatoms. The number of rotatable bonds is 0. The van der Waals surface area contributed by atoms with E-state index in [1.165, 1.54) is 6.92 Å². The molecule has 0 aromatic carbocycles. The first-order valence-electron chi connectivity index (χ1n) is 2.67. The summed E-state index contributed by atoms with van der Waals surface area (Å²) in [5, 5.41) is 17.9. The van der Waals surface area contributed by atoms with Crippen molar-refractivity contribution < 1.29 is 14.9 Å². The Morgan fingerprint density at radius 3 is 2.50 bits per heavy atom. The van der Waals surface area contributed by atoms with Gasteiger partial charge in [-0.1, -0.05) is 0 Å². The fourth-order valence-corrected chi connectivity index (χ4v) is 0.741. The maximum absolute atomic E-state index is 8.99. The van der Waals surface area contributed by atoms with E-state index < -0.39 is 11.9 Å². The van der Waals surface area contributed by atoms with Crippen molar-refractivity contribution in [1.82, 2.24) is 0 Å². The van der Waals surface area contributed by atoms with Crippen molar-refractivity contribution in [3.8, 4) is 0 Å². The van der Waals surface area contributed by atoms with E-state index in [1.54, 1.807) is 0 Å². The average molecular weight is 118 g/mol. The van der Waals surface area contributed by atoms with Crippen LogP contribution in [-0.2, 0) is 4.74 Å². The van der Waals surface area contributed by atoms with Crippen LogP contribution in [0.1, 0.15) is 13.3 Å². The van der Waals surface area contributed by atoms with Crippen molar-refractivity contribution >= 4 is 0 Å². The van der Waals surface area contributed by atoms with Crippen LogP contribution in [0.15, 0.2) is 0 Å². The Morgan fingerprint density at radius 1 is 1.75 bits per heavy atom. The summed E-state index contributed by atoms with van der Waals surface area (Å²) >= 11 is 0. The van der Waals surface area contributed by atoms with E-state index >= 15 is 0 Å². The van der Waals surface area contributed by atoms with E-state index in [9.17, 15) is 0 Å². The molecule has 0 aliphatic carbocycles. The van der Waals surface area contributed by atoms with Gasteiger partial charge in [0.1, 0.15) is 6.10 Å². The van der Waals surface area contributed by atoms with E-state index in [2.05, 4.69) is 0 Å². The Hall–Kier alpha value is -0.120. The minimum atomic E-state index is -1.29. The zero-order valence-corrected chi connectivity index (χ0v) is 4.79. The van der Waals surface area contributed by atoms with Gasteiger partial charge >= 0.3 is 0 Å². The number of hydrogen-bond donors (Lipinski definition) is 2. The SMILES string of the molecule is CC1(O)OCCC1O. The first kappa shape index (κ1) is 6.01. The molecule has 0 radical (unpaired) electrons. The van der Waals surface area contributed by atoms with Crippen LogP contribution < -0.4 is 0 Å². The summed E-state index contributed by atoms with van der Waals surface area (Å²) in [5.41, 5.74) is 0. The summed E-state index contributed by atoms with van der Waals surface area (Å²) in [6, 6.07) is 0. The Kier molecular flexibility index (Phi) is 1.27. The molecule has 8 heavy (non-hydrogen) atoms. The summed E-state index contributed by atoms with van der Waals surface area (Å²) < 4.78 is 4.76.